The summed E-state index contributed by atoms with van der Waals surface area (Å²) in [5.41, 5.74) is 2.56. The average Bonchev–Trinajstić information content (AvgIpc) is 2.65. The van der Waals surface area contributed by atoms with Crippen LogP contribution in [0.15, 0.2) is 35.4 Å². The number of hydrogen-bond acceptors (Lipinski definition) is 6. The van der Waals surface area contributed by atoms with Crippen LogP contribution in [0, 0.1) is 11.3 Å². The monoisotopic (exact) mass is 329 g/mol. The van der Waals surface area contributed by atoms with E-state index in [4.69, 9.17) is 10.5 Å². The molecule has 0 radical (unpaired) electrons. The molecule has 128 valence electrons. The lowest BCUT2D eigenvalue weighted by atomic mass is 10.1. The second-order valence-electron chi connectivity index (χ2n) is 5.71. The molecule has 0 unspecified atom stereocenters. The maximum absolute atomic E-state index is 12.0. The Bertz CT molecular complexity index is 589. The summed E-state index contributed by atoms with van der Waals surface area (Å²) >= 11 is 0. The van der Waals surface area contributed by atoms with Crippen LogP contribution >= 0.6 is 0 Å². The molecular formula is C17H23N5O2. The van der Waals surface area contributed by atoms with Gasteiger partial charge in [-0.15, -0.1) is 5.10 Å². The second-order valence-corrected chi connectivity index (χ2v) is 5.71. The summed E-state index contributed by atoms with van der Waals surface area (Å²) in [6.07, 6.45) is 2.46. The fraction of sp³-hybridized carbons (Fsp3) is 0.471. The topological polar surface area (TPSA) is 92.0 Å². The molecule has 2 N–H and O–H groups in total. The summed E-state index contributed by atoms with van der Waals surface area (Å²) in [5, 5.41) is 23.2. The predicted molar refractivity (Wildman–Crippen MR) is 90.6 cm³/mol. The van der Waals surface area contributed by atoms with Crippen LogP contribution in [0.4, 0.5) is 0 Å². The van der Waals surface area contributed by atoms with Crippen LogP contribution in [0.5, 0.6) is 0 Å². The Balaban J connectivity index is 1.62. The van der Waals surface area contributed by atoms with Gasteiger partial charge >= 0.3 is 0 Å². The summed E-state index contributed by atoms with van der Waals surface area (Å²) < 4.78 is 0. The maximum atomic E-state index is 12.0. The number of hydrazone groups is 1. The van der Waals surface area contributed by atoms with Crippen molar-refractivity contribution in [3.8, 4) is 6.07 Å². The predicted octanol–water partition coefficient (Wildman–Crippen LogP) is 1.47. The lowest BCUT2D eigenvalue weighted by Crippen LogP contribution is -2.45. The Labute approximate surface area is 142 Å². The molecule has 0 spiro atoms. The van der Waals surface area contributed by atoms with Gasteiger partial charge in [0.05, 0.1) is 0 Å². The van der Waals surface area contributed by atoms with Crippen molar-refractivity contribution in [1.82, 2.24) is 15.4 Å². The minimum atomic E-state index is -0.0946. The SMILES string of the molecule is N#CC(=NN1CCN(CCCCC(=O)c2ccccc2)CC1)NO. The third-order valence-corrected chi connectivity index (χ3v) is 4.03. The second kappa shape index (κ2) is 9.65. The van der Waals surface area contributed by atoms with Crippen LogP contribution in [0.2, 0.25) is 0 Å². The largest absolute Gasteiger partial charge is 0.300 e. The van der Waals surface area contributed by atoms with E-state index >= 15 is 0 Å². The molecule has 0 amide bonds. The zero-order chi connectivity index (χ0) is 17.2. The van der Waals surface area contributed by atoms with E-state index in [2.05, 4.69) is 10.0 Å². The summed E-state index contributed by atoms with van der Waals surface area (Å²) in [4.78, 5) is 14.3. The van der Waals surface area contributed by atoms with Gasteiger partial charge < -0.3 is 0 Å². The van der Waals surface area contributed by atoms with Gasteiger partial charge in [0, 0.05) is 38.2 Å². The fourth-order valence-corrected chi connectivity index (χ4v) is 2.66. The number of benzene rings is 1. The Kier molecular flexibility index (Phi) is 7.21. The fourth-order valence-electron chi connectivity index (χ4n) is 2.66. The van der Waals surface area contributed by atoms with E-state index in [1.807, 2.05) is 30.3 Å². The van der Waals surface area contributed by atoms with Crippen molar-refractivity contribution in [2.45, 2.75) is 19.3 Å². The molecule has 24 heavy (non-hydrogen) atoms. The molecule has 1 aromatic carbocycles. The van der Waals surface area contributed by atoms with E-state index in [-0.39, 0.29) is 11.6 Å². The van der Waals surface area contributed by atoms with E-state index in [0.717, 1.165) is 51.1 Å². The number of hydrogen-bond donors (Lipinski definition) is 2. The summed E-state index contributed by atoms with van der Waals surface area (Å²) in [6.45, 7) is 4.12. The summed E-state index contributed by atoms with van der Waals surface area (Å²) in [7, 11) is 0. The van der Waals surface area contributed by atoms with E-state index < -0.39 is 0 Å². The van der Waals surface area contributed by atoms with Gasteiger partial charge in [-0.2, -0.15) is 5.26 Å². The first kappa shape index (κ1) is 17.9. The zero-order valence-electron chi connectivity index (χ0n) is 13.7. The van der Waals surface area contributed by atoms with E-state index in [9.17, 15) is 4.79 Å². The number of hydroxylamine groups is 1. The molecular weight excluding hydrogens is 306 g/mol. The van der Waals surface area contributed by atoms with Crippen molar-refractivity contribution in [2.75, 3.05) is 32.7 Å². The number of unbranched alkanes of at least 4 members (excludes halogenated alkanes) is 1. The number of carbonyl (C=O) groups is 1. The number of rotatable bonds is 7. The molecule has 0 atom stereocenters. The van der Waals surface area contributed by atoms with Crippen molar-refractivity contribution >= 4 is 11.6 Å². The lowest BCUT2D eigenvalue weighted by molar-refractivity contribution is 0.0974. The maximum Gasteiger partial charge on any atom is 0.247 e. The van der Waals surface area contributed by atoms with Gasteiger partial charge in [-0.3, -0.25) is 19.9 Å². The van der Waals surface area contributed by atoms with E-state index in [1.165, 1.54) is 0 Å². The normalized spacial score (nSPS) is 15.8. The molecule has 1 saturated heterocycles. The highest BCUT2D eigenvalue weighted by Gasteiger charge is 2.16. The van der Waals surface area contributed by atoms with Gasteiger partial charge in [0.1, 0.15) is 6.07 Å². The van der Waals surface area contributed by atoms with Crippen LogP contribution in [-0.4, -0.2) is 59.5 Å². The minimum Gasteiger partial charge on any atom is -0.300 e. The van der Waals surface area contributed by atoms with Crippen molar-refractivity contribution in [3.63, 3.8) is 0 Å². The van der Waals surface area contributed by atoms with E-state index in [0.29, 0.717) is 6.42 Å². The molecule has 1 fully saturated rings. The standard InChI is InChI=1S/C17H23N5O2/c18-14-17(20-24)19-22-12-10-21(11-13-22)9-5-4-8-16(23)15-6-2-1-3-7-15/h1-3,6-7,24H,4-5,8-13H2,(H,19,20). The highest BCUT2D eigenvalue weighted by molar-refractivity contribution is 5.96. The Hall–Kier alpha value is -2.43. The third kappa shape index (κ3) is 5.65. The lowest BCUT2D eigenvalue weighted by Gasteiger charge is -2.32. The smallest absolute Gasteiger partial charge is 0.247 e. The van der Waals surface area contributed by atoms with Gasteiger partial charge in [0.2, 0.25) is 5.84 Å². The van der Waals surface area contributed by atoms with Gasteiger partial charge in [-0.25, -0.2) is 5.48 Å². The number of nitrogens with one attached hydrogen (secondary N) is 1. The van der Waals surface area contributed by atoms with Crippen molar-refractivity contribution in [2.24, 2.45) is 5.10 Å². The summed E-state index contributed by atoms with van der Waals surface area (Å²) in [5.74, 6) is 0.109. The van der Waals surface area contributed by atoms with E-state index in [1.54, 1.807) is 16.6 Å². The third-order valence-electron chi connectivity index (χ3n) is 4.03. The molecule has 7 nitrogen and oxygen atoms in total. The van der Waals surface area contributed by atoms with Gasteiger partial charge in [-0.05, 0) is 19.4 Å². The molecule has 1 heterocycles. The van der Waals surface area contributed by atoms with Gasteiger partial charge in [-0.1, -0.05) is 30.3 Å². The number of piperazine rings is 1. The Morgan fingerprint density at radius 2 is 1.92 bits per heavy atom. The molecule has 1 aliphatic rings. The number of nitriles is 1. The van der Waals surface area contributed by atoms with Gasteiger partial charge in [0.25, 0.3) is 0 Å². The van der Waals surface area contributed by atoms with Crippen molar-refractivity contribution in [3.05, 3.63) is 35.9 Å². The molecule has 7 heteroatoms. The average molecular weight is 329 g/mol. The van der Waals surface area contributed by atoms with Crippen LogP contribution in [0.25, 0.3) is 0 Å². The first-order chi connectivity index (χ1) is 11.7. The molecule has 0 bridgehead atoms. The van der Waals surface area contributed by atoms with Crippen molar-refractivity contribution in [1.29, 1.82) is 5.26 Å². The quantitative estimate of drug-likeness (QED) is 0.259. The number of ketones is 1. The number of Topliss-reactive ketones (excluding diaryl/α,β-unsaturated/α-hetero) is 1. The molecule has 2 rings (SSSR count). The van der Waals surface area contributed by atoms with Gasteiger partial charge in [0.15, 0.2) is 5.78 Å². The molecule has 1 aromatic rings. The number of amidine groups is 1. The number of carbonyl (C=O) groups excluding carboxylic acids is 1. The van der Waals surface area contributed by atoms with Crippen LogP contribution in [0.3, 0.4) is 0 Å². The first-order valence-corrected chi connectivity index (χ1v) is 8.17. The Morgan fingerprint density at radius 1 is 1.21 bits per heavy atom. The molecule has 1 aliphatic heterocycles. The highest BCUT2D eigenvalue weighted by Crippen LogP contribution is 2.09. The molecule has 0 aromatic heterocycles. The van der Waals surface area contributed by atoms with Crippen LogP contribution in [-0.2, 0) is 0 Å². The molecule has 0 aliphatic carbocycles. The zero-order valence-corrected chi connectivity index (χ0v) is 13.7. The summed E-state index contributed by atoms with van der Waals surface area (Å²) in [6, 6.07) is 11.2. The van der Waals surface area contributed by atoms with Crippen LogP contribution in [0.1, 0.15) is 29.6 Å². The number of nitrogens with zero attached hydrogens (tertiary/aromatic N) is 4. The van der Waals surface area contributed by atoms with Crippen molar-refractivity contribution < 1.29 is 10.0 Å². The Morgan fingerprint density at radius 3 is 2.54 bits per heavy atom. The minimum absolute atomic E-state index is 0.0946. The molecule has 0 saturated carbocycles. The first-order valence-electron chi connectivity index (χ1n) is 8.17. The highest BCUT2D eigenvalue weighted by atomic mass is 16.5. The van der Waals surface area contributed by atoms with Crippen LogP contribution < -0.4 is 5.48 Å².